The zero-order valence-corrected chi connectivity index (χ0v) is 20.9. The van der Waals surface area contributed by atoms with Crippen molar-refractivity contribution in [2.45, 2.75) is 84.5 Å². The van der Waals surface area contributed by atoms with Crippen molar-refractivity contribution in [1.82, 2.24) is 0 Å². The van der Waals surface area contributed by atoms with Crippen molar-refractivity contribution in [3.05, 3.63) is 0 Å². The molecule has 0 unspecified atom stereocenters. The van der Waals surface area contributed by atoms with Gasteiger partial charge in [0.25, 0.3) is 0 Å². The molecule has 0 radical (unpaired) electrons. The maximum absolute atomic E-state index is 11.6. The lowest BCUT2D eigenvalue weighted by Gasteiger charge is -2.08. The predicted molar refractivity (Wildman–Crippen MR) is 127 cm³/mol. The zero-order chi connectivity index (χ0) is 23.4. The maximum Gasteiger partial charge on any atom is 0.305 e. The van der Waals surface area contributed by atoms with Crippen molar-refractivity contribution in [2.24, 2.45) is 0 Å². The minimum absolute atomic E-state index is 0.128. The van der Waals surface area contributed by atoms with Gasteiger partial charge in [0.1, 0.15) is 6.61 Å². The molecule has 0 aliphatic carbocycles. The molecule has 0 saturated heterocycles. The van der Waals surface area contributed by atoms with Crippen LogP contribution in [0, 0.1) is 0 Å². The molecule has 0 bridgehead atoms. The molecule has 0 N–H and O–H groups in total. The van der Waals surface area contributed by atoms with E-state index in [1.54, 1.807) is 0 Å². The Labute approximate surface area is 196 Å². The molecule has 0 atom stereocenters. The minimum Gasteiger partial charge on any atom is -0.463 e. The van der Waals surface area contributed by atoms with Crippen LogP contribution in [-0.4, -0.2) is 78.6 Å². The van der Waals surface area contributed by atoms with Crippen molar-refractivity contribution in [2.75, 3.05) is 72.7 Å². The first-order valence-electron chi connectivity index (χ1n) is 12.9. The molecule has 7 nitrogen and oxygen atoms in total. The Balaban J connectivity index is 3.09. The summed E-state index contributed by atoms with van der Waals surface area (Å²) in [7, 11) is 0. The Morgan fingerprint density at radius 3 is 1.31 bits per heavy atom. The van der Waals surface area contributed by atoms with Crippen LogP contribution >= 0.6 is 0 Å². The summed E-state index contributed by atoms with van der Waals surface area (Å²) in [4.78, 5) is 11.6. The van der Waals surface area contributed by atoms with Gasteiger partial charge in [0, 0.05) is 13.0 Å². The van der Waals surface area contributed by atoms with Crippen LogP contribution in [0.25, 0.3) is 0 Å². The average molecular weight is 463 g/mol. The summed E-state index contributed by atoms with van der Waals surface area (Å²) in [6, 6.07) is 0. The third kappa shape index (κ3) is 27.3. The van der Waals surface area contributed by atoms with Gasteiger partial charge in [-0.15, -0.1) is 0 Å². The highest BCUT2D eigenvalue weighted by Crippen LogP contribution is 2.07. The van der Waals surface area contributed by atoms with E-state index in [0.717, 1.165) is 25.9 Å². The topological polar surface area (TPSA) is 72.5 Å². The summed E-state index contributed by atoms with van der Waals surface area (Å²) in [5, 5.41) is 0. The molecule has 0 aliphatic heterocycles. The highest BCUT2D eigenvalue weighted by atomic mass is 16.6. The van der Waals surface area contributed by atoms with Crippen LogP contribution in [0.5, 0.6) is 0 Å². The van der Waals surface area contributed by atoms with Crippen molar-refractivity contribution in [1.29, 1.82) is 0 Å². The van der Waals surface area contributed by atoms with Crippen LogP contribution in [0.1, 0.15) is 84.5 Å². The summed E-state index contributed by atoms with van der Waals surface area (Å²) < 4.78 is 32.4. The number of ether oxygens (including phenoxy) is 6. The molecule has 7 heteroatoms. The standard InChI is InChI=1S/C25H50O7/c1-3-5-7-9-10-11-13-25(26)32-24-23-31-22-21-30-20-19-29-18-17-28-16-15-27-14-12-8-6-4-2/h3-24H2,1-2H3. The molecule has 0 rings (SSSR count). The van der Waals surface area contributed by atoms with E-state index in [2.05, 4.69) is 13.8 Å². The van der Waals surface area contributed by atoms with Gasteiger partial charge in [-0.2, -0.15) is 0 Å². The molecule has 0 heterocycles. The molecule has 0 amide bonds. The SMILES string of the molecule is CCCCCCCCC(=O)OCCOCCOCCOCCOCCOCCCCCC. The highest BCUT2D eigenvalue weighted by Gasteiger charge is 2.02. The van der Waals surface area contributed by atoms with Crippen molar-refractivity contribution >= 4 is 5.97 Å². The van der Waals surface area contributed by atoms with Gasteiger partial charge in [-0.3, -0.25) is 4.79 Å². The zero-order valence-electron chi connectivity index (χ0n) is 20.9. The molecule has 32 heavy (non-hydrogen) atoms. The molecule has 0 aliphatic rings. The molecule has 0 spiro atoms. The summed E-state index contributed by atoms with van der Waals surface area (Å²) in [6.07, 6.45) is 12.4. The second-order valence-electron chi connectivity index (χ2n) is 7.86. The van der Waals surface area contributed by atoms with E-state index in [1.807, 2.05) is 0 Å². The van der Waals surface area contributed by atoms with Crippen LogP contribution in [0.2, 0.25) is 0 Å². The lowest BCUT2D eigenvalue weighted by molar-refractivity contribution is -0.145. The molecule has 192 valence electrons. The van der Waals surface area contributed by atoms with E-state index in [1.165, 1.54) is 44.9 Å². The van der Waals surface area contributed by atoms with Gasteiger partial charge in [0.05, 0.1) is 59.5 Å². The predicted octanol–water partition coefficient (Wildman–Crippen LogP) is 4.94. The Kier molecular flexibility index (Phi) is 27.7. The van der Waals surface area contributed by atoms with E-state index in [-0.39, 0.29) is 5.97 Å². The Hall–Kier alpha value is -0.730. The van der Waals surface area contributed by atoms with Crippen LogP contribution in [0.3, 0.4) is 0 Å². The number of carbonyl (C=O) groups is 1. The van der Waals surface area contributed by atoms with Crippen molar-refractivity contribution in [3.63, 3.8) is 0 Å². The van der Waals surface area contributed by atoms with Gasteiger partial charge in [0.15, 0.2) is 0 Å². The smallest absolute Gasteiger partial charge is 0.305 e. The molecule has 0 aromatic carbocycles. The van der Waals surface area contributed by atoms with Gasteiger partial charge in [-0.1, -0.05) is 65.2 Å². The number of rotatable bonds is 27. The van der Waals surface area contributed by atoms with Crippen molar-refractivity contribution < 1.29 is 33.2 Å². The van der Waals surface area contributed by atoms with E-state index in [4.69, 9.17) is 28.4 Å². The average Bonchev–Trinajstić information content (AvgIpc) is 2.80. The molecule has 0 aromatic rings. The molecule has 0 aromatic heterocycles. The summed E-state index contributed by atoms with van der Waals surface area (Å²) in [6.45, 7) is 10.4. The highest BCUT2D eigenvalue weighted by molar-refractivity contribution is 5.69. The fraction of sp³-hybridized carbons (Fsp3) is 0.960. The first-order valence-corrected chi connectivity index (χ1v) is 12.9. The Morgan fingerprint density at radius 2 is 0.812 bits per heavy atom. The Morgan fingerprint density at radius 1 is 0.438 bits per heavy atom. The van der Waals surface area contributed by atoms with Gasteiger partial charge < -0.3 is 28.4 Å². The lowest BCUT2D eigenvalue weighted by atomic mass is 10.1. The van der Waals surface area contributed by atoms with Crippen LogP contribution in [-0.2, 0) is 33.2 Å². The summed E-state index contributed by atoms with van der Waals surface area (Å²) in [5.41, 5.74) is 0. The molecule has 0 saturated carbocycles. The third-order valence-corrected chi connectivity index (χ3v) is 4.86. The summed E-state index contributed by atoms with van der Waals surface area (Å²) >= 11 is 0. The molecular weight excluding hydrogens is 412 g/mol. The second kappa shape index (κ2) is 28.3. The molecular formula is C25H50O7. The number of esters is 1. The summed E-state index contributed by atoms with van der Waals surface area (Å²) in [5.74, 6) is -0.128. The van der Waals surface area contributed by atoms with Crippen molar-refractivity contribution in [3.8, 4) is 0 Å². The number of carbonyl (C=O) groups excluding carboxylic acids is 1. The maximum atomic E-state index is 11.6. The van der Waals surface area contributed by atoms with Gasteiger partial charge in [0.2, 0.25) is 0 Å². The van der Waals surface area contributed by atoms with Gasteiger partial charge in [-0.05, 0) is 12.8 Å². The van der Waals surface area contributed by atoms with E-state index >= 15 is 0 Å². The first-order chi connectivity index (χ1) is 15.8. The normalized spacial score (nSPS) is 11.2. The second-order valence-corrected chi connectivity index (χ2v) is 7.86. The first kappa shape index (κ1) is 31.3. The van der Waals surface area contributed by atoms with Crippen LogP contribution in [0.15, 0.2) is 0 Å². The van der Waals surface area contributed by atoms with Crippen LogP contribution in [0.4, 0.5) is 0 Å². The number of unbranched alkanes of at least 4 members (excludes halogenated alkanes) is 8. The fourth-order valence-electron chi connectivity index (χ4n) is 2.95. The number of hydrogen-bond donors (Lipinski definition) is 0. The van der Waals surface area contributed by atoms with Crippen LogP contribution < -0.4 is 0 Å². The lowest BCUT2D eigenvalue weighted by Crippen LogP contribution is -2.15. The quantitative estimate of drug-likeness (QED) is 0.126. The minimum atomic E-state index is -0.128. The Bertz CT molecular complexity index is 366. The van der Waals surface area contributed by atoms with E-state index < -0.39 is 0 Å². The monoisotopic (exact) mass is 462 g/mol. The van der Waals surface area contributed by atoms with Gasteiger partial charge >= 0.3 is 5.97 Å². The van der Waals surface area contributed by atoms with E-state index in [9.17, 15) is 4.79 Å². The van der Waals surface area contributed by atoms with Gasteiger partial charge in [-0.25, -0.2) is 0 Å². The third-order valence-electron chi connectivity index (χ3n) is 4.86. The fourth-order valence-corrected chi connectivity index (χ4v) is 2.95. The number of hydrogen-bond acceptors (Lipinski definition) is 7. The molecule has 0 fully saturated rings. The largest absolute Gasteiger partial charge is 0.463 e. The van der Waals surface area contributed by atoms with E-state index in [0.29, 0.717) is 72.5 Å².